The summed E-state index contributed by atoms with van der Waals surface area (Å²) in [7, 11) is 0. The van der Waals surface area contributed by atoms with Crippen molar-refractivity contribution >= 4 is 11.9 Å². The Labute approximate surface area is 128 Å². The quantitative estimate of drug-likeness (QED) is 0.658. The monoisotopic (exact) mass is 297 g/mol. The molecule has 1 amide bonds. The standard InChI is InChI=1S/C17H31NO3/c1-3-5-6-7-8-10-15(19)18-13-9-12-17(14-18,11-4-2)16(20)21/h3-14H2,1-2H3,(H,20,21). The van der Waals surface area contributed by atoms with Gasteiger partial charge in [0.1, 0.15) is 0 Å². The van der Waals surface area contributed by atoms with Crippen molar-refractivity contribution < 1.29 is 14.7 Å². The average Bonchev–Trinajstić information content (AvgIpc) is 2.47. The molecule has 4 heteroatoms. The summed E-state index contributed by atoms with van der Waals surface area (Å²) in [6.07, 6.45) is 9.28. The lowest BCUT2D eigenvalue weighted by molar-refractivity contribution is -0.155. The summed E-state index contributed by atoms with van der Waals surface area (Å²) in [6.45, 7) is 5.33. The zero-order chi connectivity index (χ0) is 15.7. The average molecular weight is 297 g/mol. The maximum Gasteiger partial charge on any atom is 0.311 e. The third-order valence-corrected chi connectivity index (χ3v) is 4.61. The highest BCUT2D eigenvalue weighted by Crippen LogP contribution is 2.35. The van der Waals surface area contributed by atoms with Crippen LogP contribution in [-0.4, -0.2) is 35.0 Å². The van der Waals surface area contributed by atoms with Crippen LogP contribution in [0.1, 0.15) is 78.1 Å². The van der Waals surface area contributed by atoms with Crippen LogP contribution in [0.3, 0.4) is 0 Å². The Balaban J connectivity index is 2.47. The molecule has 1 aliphatic rings. The first-order valence-electron chi connectivity index (χ1n) is 8.57. The number of carboxylic acid groups (broad SMARTS) is 1. The number of hydrogen-bond donors (Lipinski definition) is 1. The molecule has 1 atom stereocenters. The van der Waals surface area contributed by atoms with Gasteiger partial charge in [-0.2, -0.15) is 0 Å². The Morgan fingerprint density at radius 2 is 1.81 bits per heavy atom. The molecule has 0 aromatic rings. The van der Waals surface area contributed by atoms with Crippen molar-refractivity contribution in [2.45, 2.75) is 78.1 Å². The molecule has 1 unspecified atom stereocenters. The van der Waals surface area contributed by atoms with Gasteiger partial charge in [0.15, 0.2) is 0 Å². The minimum atomic E-state index is -0.732. The fraction of sp³-hybridized carbons (Fsp3) is 0.882. The maximum absolute atomic E-state index is 12.3. The van der Waals surface area contributed by atoms with Gasteiger partial charge in [-0.3, -0.25) is 9.59 Å². The predicted octanol–water partition coefficient (Wildman–Crippen LogP) is 3.84. The zero-order valence-corrected chi connectivity index (χ0v) is 13.7. The molecule has 1 rings (SSSR count). The highest BCUT2D eigenvalue weighted by atomic mass is 16.4. The van der Waals surface area contributed by atoms with Crippen molar-refractivity contribution in [1.29, 1.82) is 0 Å². The van der Waals surface area contributed by atoms with Gasteiger partial charge < -0.3 is 10.0 Å². The summed E-state index contributed by atoms with van der Waals surface area (Å²) in [4.78, 5) is 25.7. The van der Waals surface area contributed by atoms with Crippen molar-refractivity contribution in [3.8, 4) is 0 Å². The second kappa shape index (κ2) is 9.06. The number of unbranched alkanes of at least 4 members (excludes halogenated alkanes) is 4. The van der Waals surface area contributed by atoms with Crippen molar-refractivity contribution in [3.63, 3.8) is 0 Å². The summed E-state index contributed by atoms with van der Waals surface area (Å²) in [5, 5.41) is 9.55. The molecule has 21 heavy (non-hydrogen) atoms. The van der Waals surface area contributed by atoms with Crippen LogP contribution in [0.4, 0.5) is 0 Å². The fourth-order valence-corrected chi connectivity index (χ4v) is 3.35. The highest BCUT2D eigenvalue weighted by molar-refractivity contribution is 5.79. The van der Waals surface area contributed by atoms with E-state index in [2.05, 4.69) is 6.92 Å². The molecule has 1 fully saturated rings. The molecule has 0 aromatic carbocycles. The molecule has 0 radical (unpaired) electrons. The summed E-state index contributed by atoms with van der Waals surface area (Å²) < 4.78 is 0. The number of carbonyl (C=O) groups excluding carboxylic acids is 1. The van der Waals surface area contributed by atoms with Gasteiger partial charge in [0.05, 0.1) is 5.41 Å². The zero-order valence-electron chi connectivity index (χ0n) is 13.7. The van der Waals surface area contributed by atoms with Gasteiger partial charge in [0.25, 0.3) is 0 Å². The number of carboxylic acids is 1. The Kier molecular flexibility index (Phi) is 7.76. The number of nitrogens with zero attached hydrogens (tertiary/aromatic N) is 1. The van der Waals surface area contributed by atoms with Crippen LogP contribution in [0.25, 0.3) is 0 Å². The minimum Gasteiger partial charge on any atom is -0.481 e. The molecule has 0 aromatic heterocycles. The van der Waals surface area contributed by atoms with E-state index in [4.69, 9.17) is 0 Å². The number of carbonyl (C=O) groups is 2. The second-order valence-corrected chi connectivity index (χ2v) is 6.42. The molecule has 1 heterocycles. The summed E-state index contributed by atoms with van der Waals surface area (Å²) >= 11 is 0. The lowest BCUT2D eigenvalue weighted by atomic mass is 9.76. The first-order valence-corrected chi connectivity index (χ1v) is 8.57. The van der Waals surface area contributed by atoms with Crippen LogP contribution in [0.5, 0.6) is 0 Å². The van der Waals surface area contributed by atoms with Crippen LogP contribution >= 0.6 is 0 Å². The molecule has 1 N–H and O–H groups in total. The molecule has 122 valence electrons. The Hall–Kier alpha value is -1.06. The van der Waals surface area contributed by atoms with E-state index in [-0.39, 0.29) is 5.91 Å². The SMILES string of the molecule is CCCCCCCC(=O)N1CCCC(CCC)(C(=O)O)C1. The first kappa shape index (κ1) is 18.0. The lowest BCUT2D eigenvalue weighted by Gasteiger charge is -2.40. The van der Waals surface area contributed by atoms with Gasteiger partial charge >= 0.3 is 5.97 Å². The first-order chi connectivity index (χ1) is 10.1. The molecule has 0 bridgehead atoms. The van der Waals surface area contributed by atoms with Crippen LogP contribution in [0.15, 0.2) is 0 Å². The van der Waals surface area contributed by atoms with Gasteiger partial charge in [-0.1, -0.05) is 46.0 Å². The Morgan fingerprint density at radius 1 is 1.10 bits per heavy atom. The van der Waals surface area contributed by atoms with Gasteiger partial charge in [-0.05, 0) is 25.7 Å². The van der Waals surface area contributed by atoms with E-state index in [9.17, 15) is 14.7 Å². The van der Waals surface area contributed by atoms with Crippen molar-refractivity contribution in [1.82, 2.24) is 4.90 Å². The molecular weight excluding hydrogens is 266 g/mol. The largest absolute Gasteiger partial charge is 0.481 e. The van der Waals surface area contributed by atoms with E-state index < -0.39 is 11.4 Å². The van der Waals surface area contributed by atoms with Gasteiger partial charge in [0, 0.05) is 19.5 Å². The normalized spacial score (nSPS) is 22.3. The van der Waals surface area contributed by atoms with Crippen molar-refractivity contribution in [3.05, 3.63) is 0 Å². The number of piperidine rings is 1. The third kappa shape index (κ3) is 5.33. The smallest absolute Gasteiger partial charge is 0.311 e. The van der Waals surface area contributed by atoms with Gasteiger partial charge in [0.2, 0.25) is 5.91 Å². The molecule has 0 aliphatic carbocycles. The van der Waals surface area contributed by atoms with Crippen LogP contribution in [0.2, 0.25) is 0 Å². The molecule has 0 saturated carbocycles. The summed E-state index contributed by atoms with van der Waals surface area (Å²) in [5.41, 5.74) is -0.704. The minimum absolute atomic E-state index is 0.146. The van der Waals surface area contributed by atoms with Crippen LogP contribution in [-0.2, 0) is 9.59 Å². The van der Waals surface area contributed by atoms with E-state index in [1.807, 2.05) is 6.92 Å². The van der Waals surface area contributed by atoms with E-state index in [0.717, 1.165) is 32.2 Å². The predicted molar refractivity (Wildman–Crippen MR) is 84.2 cm³/mol. The summed E-state index contributed by atoms with van der Waals surface area (Å²) in [6, 6.07) is 0. The molecule has 0 spiro atoms. The van der Waals surface area contributed by atoms with E-state index in [1.165, 1.54) is 19.3 Å². The van der Waals surface area contributed by atoms with E-state index in [1.54, 1.807) is 4.90 Å². The van der Waals surface area contributed by atoms with Gasteiger partial charge in [-0.25, -0.2) is 0 Å². The Morgan fingerprint density at radius 3 is 2.43 bits per heavy atom. The highest BCUT2D eigenvalue weighted by Gasteiger charge is 2.42. The number of amides is 1. The molecule has 4 nitrogen and oxygen atoms in total. The molecular formula is C17H31NO3. The van der Waals surface area contributed by atoms with Gasteiger partial charge in [-0.15, -0.1) is 0 Å². The number of hydrogen-bond acceptors (Lipinski definition) is 2. The van der Waals surface area contributed by atoms with Crippen LogP contribution in [0, 0.1) is 5.41 Å². The lowest BCUT2D eigenvalue weighted by Crippen LogP contribution is -2.49. The third-order valence-electron chi connectivity index (χ3n) is 4.61. The topological polar surface area (TPSA) is 57.6 Å². The maximum atomic E-state index is 12.3. The van der Waals surface area contributed by atoms with E-state index in [0.29, 0.717) is 25.8 Å². The molecule has 1 saturated heterocycles. The summed E-state index contributed by atoms with van der Waals surface area (Å²) in [5.74, 6) is -0.585. The number of rotatable bonds is 9. The van der Waals surface area contributed by atoms with Crippen molar-refractivity contribution in [2.75, 3.05) is 13.1 Å². The van der Waals surface area contributed by atoms with Crippen LogP contribution < -0.4 is 0 Å². The number of likely N-dealkylation sites (tertiary alicyclic amines) is 1. The number of aliphatic carboxylic acids is 1. The fourth-order valence-electron chi connectivity index (χ4n) is 3.35. The van der Waals surface area contributed by atoms with E-state index >= 15 is 0 Å². The molecule has 1 aliphatic heterocycles. The second-order valence-electron chi connectivity index (χ2n) is 6.42. The van der Waals surface area contributed by atoms with Crippen molar-refractivity contribution in [2.24, 2.45) is 5.41 Å². The Bertz CT molecular complexity index is 339.